The van der Waals surface area contributed by atoms with Gasteiger partial charge in [0, 0.05) is 0 Å². The highest BCUT2D eigenvalue weighted by atomic mass is 32.3. The third-order valence-corrected chi connectivity index (χ3v) is 4.75. The van der Waals surface area contributed by atoms with Crippen LogP contribution in [0.4, 0.5) is 0 Å². The number of benzene rings is 4. The first kappa shape index (κ1) is 14.4. The van der Waals surface area contributed by atoms with Gasteiger partial charge in [0.1, 0.15) is 6.10 Å². The van der Waals surface area contributed by atoms with Gasteiger partial charge in [-0.15, -0.1) is 0 Å². The molecule has 4 aromatic carbocycles. The van der Waals surface area contributed by atoms with Gasteiger partial charge < -0.3 is 0 Å². The summed E-state index contributed by atoms with van der Waals surface area (Å²) in [5.74, 6) is 0. The molecule has 0 spiro atoms. The molecular formula is C18H14O4S. The molecule has 23 heavy (non-hydrogen) atoms. The molecule has 0 saturated heterocycles. The van der Waals surface area contributed by atoms with Crippen molar-refractivity contribution in [3.8, 4) is 0 Å². The Labute approximate surface area is 133 Å². The molecule has 0 aliphatic rings. The summed E-state index contributed by atoms with van der Waals surface area (Å²) in [6, 6.07) is 18.2. The monoisotopic (exact) mass is 326 g/mol. The summed E-state index contributed by atoms with van der Waals surface area (Å²) in [7, 11) is -4.49. The van der Waals surface area contributed by atoms with Crippen LogP contribution < -0.4 is 0 Å². The first-order chi connectivity index (χ1) is 10.9. The van der Waals surface area contributed by atoms with E-state index in [0.717, 1.165) is 16.2 Å². The standard InChI is InChI=1S/C18H14O4S/c1-11(22-23(19,20)21)16-9-14-7-5-12-3-2-4-13-6-8-15(10-16)18(14)17(12)13/h2-11H,1H3,(H,19,20,21). The van der Waals surface area contributed by atoms with Crippen LogP contribution in [0.3, 0.4) is 0 Å². The largest absolute Gasteiger partial charge is 0.397 e. The van der Waals surface area contributed by atoms with Crippen molar-refractivity contribution in [1.82, 2.24) is 0 Å². The van der Waals surface area contributed by atoms with Gasteiger partial charge in [0.05, 0.1) is 0 Å². The van der Waals surface area contributed by atoms with E-state index in [1.54, 1.807) is 6.92 Å². The average molecular weight is 326 g/mol. The summed E-state index contributed by atoms with van der Waals surface area (Å²) in [5, 5.41) is 6.76. The lowest BCUT2D eigenvalue weighted by Gasteiger charge is -2.15. The Bertz CT molecular complexity index is 1070. The lowest BCUT2D eigenvalue weighted by molar-refractivity contribution is 0.201. The van der Waals surface area contributed by atoms with E-state index in [-0.39, 0.29) is 0 Å². The molecule has 0 amide bonds. The maximum Gasteiger partial charge on any atom is 0.397 e. The predicted octanol–water partition coefficient (Wildman–Crippen LogP) is 4.46. The third kappa shape index (κ3) is 2.43. The van der Waals surface area contributed by atoms with Crippen LogP contribution in [0.5, 0.6) is 0 Å². The summed E-state index contributed by atoms with van der Waals surface area (Å²) >= 11 is 0. The molecule has 0 aliphatic carbocycles. The second-order valence-corrected chi connectivity index (χ2v) is 6.77. The van der Waals surface area contributed by atoms with E-state index in [4.69, 9.17) is 4.55 Å². The molecule has 0 aliphatic heterocycles. The molecule has 0 radical (unpaired) electrons. The third-order valence-electron chi connectivity index (χ3n) is 4.22. The van der Waals surface area contributed by atoms with Crippen LogP contribution >= 0.6 is 0 Å². The summed E-state index contributed by atoms with van der Waals surface area (Å²) < 4.78 is 35.4. The van der Waals surface area contributed by atoms with Gasteiger partial charge in [-0.3, -0.25) is 4.55 Å². The molecule has 0 saturated carbocycles. The van der Waals surface area contributed by atoms with Gasteiger partial charge in [-0.05, 0) is 56.9 Å². The first-order valence-electron chi connectivity index (χ1n) is 7.25. The van der Waals surface area contributed by atoms with Crippen LogP contribution in [0.1, 0.15) is 18.6 Å². The molecular weight excluding hydrogens is 312 g/mol. The van der Waals surface area contributed by atoms with E-state index in [0.29, 0.717) is 5.56 Å². The Hall–Kier alpha value is -2.21. The Morgan fingerprint density at radius 3 is 1.87 bits per heavy atom. The normalized spacial score (nSPS) is 14.0. The Morgan fingerprint density at radius 2 is 1.35 bits per heavy atom. The average Bonchev–Trinajstić information content (AvgIpc) is 2.50. The fourth-order valence-electron chi connectivity index (χ4n) is 3.25. The summed E-state index contributed by atoms with van der Waals surface area (Å²) in [4.78, 5) is 0. The van der Waals surface area contributed by atoms with E-state index in [2.05, 4.69) is 28.4 Å². The lowest BCUT2D eigenvalue weighted by Crippen LogP contribution is -2.08. The van der Waals surface area contributed by atoms with Gasteiger partial charge in [-0.1, -0.05) is 42.5 Å². The fraction of sp³-hybridized carbons (Fsp3) is 0.111. The zero-order valence-electron chi connectivity index (χ0n) is 12.4. The molecule has 4 nitrogen and oxygen atoms in total. The Balaban J connectivity index is 2.00. The van der Waals surface area contributed by atoms with Crippen molar-refractivity contribution in [1.29, 1.82) is 0 Å². The van der Waals surface area contributed by atoms with Crippen LogP contribution in [0, 0.1) is 0 Å². The molecule has 1 unspecified atom stereocenters. The summed E-state index contributed by atoms with van der Waals surface area (Å²) in [6.45, 7) is 1.60. The molecule has 4 rings (SSSR count). The maximum atomic E-state index is 10.9. The molecule has 116 valence electrons. The predicted molar refractivity (Wildman–Crippen MR) is 91.2 cm³/mol. The van der Waals surface area contributed by atoms with E-state index in [1.165, 1.54) is 16.2 Å². The minimum absolute atomic E-state index is 0.702. The number of rotatable bonds is 3. The minimum Gasteiger partial charge on any atom is -0.264 e. The quantitative estimate of drug-likeness (QED) is 0.446. The van der Waals surface area contributed by atoms with Gasteiger partial charge >= 0.3 is 10.4 Å². The minimum atomic E-state index is -4.49. The van der Waals surface area contributed by atoms with Crippen molar-refractivity contribution < 1.29 is 17.2 Å². The van der Waals surface area contributed by atoms with Crippen LogP contribution in [0.25, 0.3) is 32.3 Å². The van der Waals surface area contributed by atoms with Crippen LogP contribution in [-0.2, 0) is 14.6 Å². The smallest absolute Gasteiger partial charge is 0.264 e. The van der Waals surface area contributed by atoms with Crippen molar-refractivity contribution in [3.63, 3.8) is 0 Å². The highest BCUT2D eigenvalue weighted by Gasteiger charge is 2.16. The van der Waals surface area contributed by atoms with Crippen molar-refractivity contribution in [2.75, 3.05) is 0 Å². The molecule has 5 heteroatoms. The molecule has 0 bridgehead atoms. The van der Waals surface area contributed by atoms with Crippen molar-refractivity contribution in [2.24, 2.45) is 0 Å². The lowest BCUT2D eigenvalue weighted by atomic mass is 9.92. The molecule has 0 fully saturated rings. The van der Waals surface area contributed by atoms with E-state index in [9.17, 15) is 8.42 Å². The van der Waals surface area contributed by atoms with Crippen LogP contribution in [0.15, 0.2) is 54.6 Å². The molecule has 0 aromatic heterocycles. The maximum absolute atomic E-state index is 10.9. The Morgan fingerprint density at radius 1 is 0.870 bits per heavy atom. The second kappa shape index (κ2) is 4.89. The molecule has 1 N–H and O–H groups in total. The number of hydrogen-bond acceptors (Lipinski definition) is 3. The van der Waals surface area contributed by atoms with Crippen molar-refractivity contribution >= 4 is 42.7 Å². The zero-order valence-corrected chi connectivity index (χ0v) is 13.2. The summed E-state index contributed by atoms with van der Waals surface area (Å²) in [5.41, 5.74) is 0.702. The van der Waals surface area contributed by atoms with Crippen LogP contribution in [0.2, 0.25) is 0 Å². The second-order valence-electron chi connectivity index (χ2n) is 5.72. The fourth-order valence-corrected chi connectivity index (χ4v) is 3.73. The van der Waals surface area contributed by atoms with E-state index in [1.807, 2.05) is 30.3 Å². The Kier molecular flexibility index (Phi) is 3.06. The number of hydrogen-bond donors (Lipinski definition) is 1. The summed E-state index contributed by atoms with van der Waals surface area (Å²) in [6.07, 6.45) is -0.757. The van der Waals surface area contributed by atoms with Crippen molar-refractivity contribution in [3.05, 3.63) is 60.2 Å². The molecule has 0 heterocycles. The van der Waals surface area contributed by atoms with Gasteiger partial charge in [-0.25, -0.2) is 4.18 Å². The van der Waals surface area contributed by atoms with Crippen molar-refractivity contribution in [2.45, 2.75) is 13.0 Å². The van der Waals surface area contributed by atoms with Crippen LogP contribution in [-0.4, -0.2) is 13.0 Å². The van der Waals surface area contributed by atoms with E-state index < -0.39 is 16.5 Å². The topological polar surface area (TPSA) is 63.6 Å². The van der Waals surface area contributed by atoms with Gasteiger partial charge in [0.25, 0.3) is 0 Å². The van der Waals surface area contributed by atoms with E-state index >= 15 is 0 Å². The SMILES string of the molecule is CC(OS(=O)(=O)O)c1cc2ccc3cccc4ccc(c1)c2c34. The first-order valence-corrected chi connectivity index (χ1v) is 8.62. The highest BCUT2D eigenvalue weighted by molar-refractivity contribution is 7.80. The van der Waals surface area contributed by atoms with Gasteiger partial charge in [-0.2, -0.15) is 8.42 Å². The highest BCUT2D eigenvalue weighted by Crippen LogP contribution is 2.36. The molecule has 4 aromatic rings. The zero-order chi connectivity index (χ0) is 16.2. The van der Waals surface area contributed by atoms with Gasteiger partial charge in [0.2, 0.25) is 0 Å². The molecule has 1 atom stereocenters. The van der Waals surface area contributed by atoms with Gasteiger partial charge in [0.15, 0.2) is 0 Å².